The van der Waals surface area contributed by atoms with Gasteiger partial charge in [-0.05, 0) is 31.0 Å². The number of carboxylic acid groups (broad SMARTS) is 1. The van der Waals surface area contributed by atoms with Crippen molar-refractivity contribution in [3.8, 4) is 5.75 Å². The maximum atomic E-state index is 11.0. The van der Waals surface area contributed by atoms with E-state index in [1.807, 2.05) is 11.0 Å². The summed E-state index contributed by atoms with van der Waals surface area (Å²) in [6.07, 6.45) is 4.40. The highest BCUT2D eigenvalue weighted by Crippen LogP contribution is 2.28. The van der Waals surface area contributed by atoms with Gasteiger partial charge in [0.05, 0.1) is 6.54 Å². The van der Waals surface area contributed by atoms with Gasteiger partial charge in [-0.15, -0.1) is 0 Å². The van der Waals surface area contributed by atoms with Gasteiger partial charge < -0.3 is 10.2 Å². The molecule has 2 rings (SSSR count). The van der Waals surface area contributed by atoms with Crippen molar-refractivity contribution < 1.29 is 15.0 Å². The van der Waals surface area contributed by atoms with Gasteiger partial charge in [-0.1, -0.05) is 28.8 Å². The van der Waals surface area contributed by atoms with Crippen molar-refractivity contribution in [3.05, 3.63) is 28.2 Å². The quantitative estimate of drug-likeness (QED) is 0.872. The Morgan fingerprint density at radius 2 is 2.05 bits per heavy atom. The van der Waals surface area contributed by atoms with Crippen LogP contribution in [0.25, 0.3) is 0 Å². The van der Waals surface area contributed by atoms with Crippen LogP contribution in [0.4, 0.5) is 0 Å². The van der Waals surface area contributed by atoms with Crippen molar-refractivity contribution in [1.82, 2.24) is 4.90 Å². The van der Waals surface area contributed by atoms with E-state index in [1.54, 1.807) is 12.1 Å². The Morgan fingerprint density at radius 3 is 2.68 bits per heavy atom. The van der Waals surface area contributed by atoms with E-state index in [-0.39, 0.29) is 12.3 Å². The molecule has 0 aromatic heterocycles. The fourth-order valence-electron chi connectivity index (χ4n) is 2.66. The number of carbonyl (C=O) groups is 1. The Morgan fingerprint density at radius 1 is 1.37 bits per heavy atom. The van der Waals surface area contributed by atoms with E-state index in [0.717, 1.165) is 35.7 Å². The third-order valence-corrected chi connectivity index (χ3v) is 4.09. The lowest BCUT2D eigenvalue weighted by Gasteiger charge is -2.27. The number of phenolic OH excluding ortho intramolecular Hbond substituents is 1. The van der Waals surface area contributed by atoms with Crippen LogP contribution in [-0.4, -0.2) is 33.7 Å². The fraction of sp³-hybridized carbons (Fsp3) is 0.500. The molecule has 1 aromatic rings. The number of hydrogen-bond acceptors (Lipinski definition) is 3. The number of carboxylic acids is 1. The van der Waals surface area contributed by atoms with Gasteiger partial charge in [-0.25, -0.2) is 0 Å². The predicted octanol–water partition coefficient (Wildman–Crippen LogP) is 2.98. The number of nitrogens with zero attached hydrogens (tertiary/aromatic N) is 1. The monoisotopic (exact) mass is 327 g/mol. The van der Waals surface area contributed by atoms with E-state index in [1.165, 1.54) is 0 Å². The molecule has 1 aliphatic rings. The van der Waals surface area contributed by atoms with Crippen molar-refractivity contribution >= 4 is 21.9 Å². The predicted molar refractivity (Wildman–Crippen MR) is 76.1 cm³/mol. The molecule has 0 amide bonds. The van der Waals surface area contributed by atoms with Gasteiger partial charge in [0.1, 0.15) is 5.75 Å². The molecule has 0 bridgehead atoms. The molecular formula is C14H18BrNO3. The summed E-state index contributed by atoms with van der Waals surface area (Å²) in [7, 11) is 0. The summed E-state index contributed by atoms with van der Waals surface area (Å²) in [5.41, 5.74) is 0.766. The van der Waals surface area contributed by atoms with Crippen LogP contribution < -0.4 is 0 Å². The number of phenols is 1. The zero-order valence-electron chi connectivity index (χ0n) is 10.7. The number of aliphatic carboxylic acids is 1. The molecule has 104 valence electrons. The lowest BCUT2D eigenvalue weighted by atomic mass is 10.1. The second-order valence-corrected chi connectivity index (χ2v) is 5.93. The van der Waals surface area contributed by atoms with Crippen LogP contribution in [0.5, 0.6) is 5.75 Å². The van der Waals surface area contributed by atoms with Crippen LogP contribution in [0.2, 0.25) is 0 Å². The van der Waals surface area contributed by atoms with Gasteiger partial charge in [0.2, 0.25) is 0 Å². The second kappa shape index (κ2) is 6.39. The van der Waals surface area contributed by atoms with Gasteiger partial charge in [0.15, 0.2) is 0 Å². The van der Waals surface area contributed by atoms with E-state index in [2.05, 4.69) is 15.9 Å². The van der Waals surface area contributed by atoms with E-state index >= 15 is 0 Å². The van der Waals surface area contributed by atoms with Crippen LogP contribution in [0.15, 0.2) is 22.7 Å². The molecule has 0 atom stereocenters. The molecule has 2 N–H and O–H groups in total. The van der Waals surface area contributed by atoms with Gasteiger partial charge in [-0.2, -0.15) is 0 Å². The maximum Gasteiger partial charge on any atom is 0.317 e. The normalized spacial score (nSPS) is 16.1. The van der Waals surface area contributed by atoms with E-state index < -0.39 is 5.97 Å². The molecular weight excluding hydrogens is 310 g/mol. The smallest absolute Gasteiger partial charge is 0.317 e. The number of aromatic hydroxyl groups is 1. The maximum absolute atomic E-state index is 11.0. The number of rotatable bonds is 5. The summed E-state index contributed by atoms with van der Waals surface area (Å²) in [5.74, 6) is -0.599. The number of hydrogen-bond donors (Lipinski definition) is 2. The van der Waals surface area contributed by atoms with E-state index in [0.29, 0.717) is 12.6 Å². The Balaban J connectivity index is 2.14. The van der Waals surface area contributed by atoms with Crippen molar-refractivity contribution in [3.63, 3.8) is 0 Å². The first-order valence-corrected chi connectivity index (χ1v) is 7.29. The summed E-state index contributed by atoms with van der Waals surface area (Å²) >= 11 is 3.37. The van der Waals surface area contributed by atoms with Gasteiger partial charge >= 0.3 is 5.97 Å². The zero-order chi connectivity index (χ0) is 13.8. The molecule has 0 radical (unpaired) electrons. The molecule has 5 heteroatoms. The Labute approximate surface area is 121 Å². The number of benzene rings is 1. The fourth-order valence-corrected chi connectivity index (χ4v) is 3.07. The Bertz CT molecular complexity index is 458. The minimum Gasteiger partial charge on any atom is -0.508 e. The van der Waals surface area contributed by atoms with Gasteiger partial charge in [-0.3, -0.25) is 9.69 Å². The molecule has 0 heterocycles. The molecule has 1 aromatic carbocycles. The van der Waals surface area contributed by atoms with Gasteiger partial charge in [0, 0.05) is 22.6 Å². The summed E-state index contributed by atoms with van der Waals surface area (Å²) in [4.78, 5) is 13.0. The highest BCUT2D eigenvalue weighted by molar-refractivity contribution is 9.10. The summed E-state index contributed by atoms with van der Waals surface area (Å²) < 4.78 is 0.891. The van der Waals surface area contributed by atoms with E-state index in [4.69, 9.17) is 5.11 Å². The SMILES string of the molecule is O=C(O)CN(Cc1cc(Br)ccc1O)C1CCCC1. The molecule has 0 unspecified atom stereocenters. The van der Waals surface area contributed by atoms with Crippen LogP contribution in [0.3, 0.4) is 0 Å². The highest BCUT2D eigenvalue weighted by atomic mass is 79.9. The average molecular weight is 328 g/mol. The lowest BCUT2D eigenvalue weighted by molar-refractivity contribution is -0.139. The molecule has 0 saturated heterocycles. The van der Waals surface area contributed by atoms with Crippen LogP contribution in [-0.2, 0) is 11.3 Å². The Kier molecular flexibility index (Phi) is 4.82. The third kappa shape index (κ3) is 3.94. The van der Waals surface area contributed by atoms with Crippen LogP contribution in [0, 0.1) is 0 Å². The van der Waals surface area contributed by atoms with Gasteiger partial charge in [0.25, 0.3) is 0 Å². The molecule has 0 aliphatic heterocycles. The van der Waals surface area contributed by atoms with Crippen molar-refractivity contribution in [1.29, 1.82) is 0 Å². The molecule has 1 aliphatic carbocycles. The van der Waals surface area contributed by atoms with Crippen LogP contribution in [0.1, 0.15) is 31.2 Å². The summed E-state index contributed by atoms with van der Waals surface area (Å²) in [5, 5.41) is 18.9. The van der Waals surface area contributed by atoms with E-state index in [9.17, 15) is 9.90 Å². The third-order valence-electron chi connectivity index (χ3n) is 3.59. The summed E-state index contributed by atoms with van der Waals surface area (Å²) in [6.45, 7) is 0.499. The highest BCUT2D eigenvalue weighted by Gasteiger charge is 2.25. The zero-order valence-corrected chi connectivity index (χ0v) is 12.3. The first-order valence-electron chi connectivity index (χ1n) is 6.49. The molecule has 0 spiro atoms. The second-order valence-electron chi connectivity index (χ2n) is 5.01. The van der Waals surface area contributed by atoms with Crippen LogP contribution >= 0.6 is 15.9 Å². The molecule has 19 heavy (non-hydrogen) atoms. The van der Waals surface area contributed by atoms with Crippen molar-refractivity contribution in [2.75, 3.05) is 6.54 Å². The molecule has 1 saturated carbocycles. The van der Waals surface area contributed by atoms with Crippen molar-refractivity contribution in [2.24, 2.45) is 0 Å². The molecule has 4 nitrogen and oxygen atoms in total. The minimum atomic E-state index is -0.818. The Hall–Kier alpha value is -1.07. The first-order chi connectivity index (χ1) is 9.06. The number of halogens is 1. The largest absolute Gasteiger partial charge is 0.508 e. The first kappa shape index (κ1) is 14.3. The standard InChI is InChI=1S/C14H18BrNO3/c15-11-5-6-13(17)10(7-11)8-16(9-14(18)19)12-3-1-2-4-12/h5-7,12,17H,1-4,8-9H2,(H,18,19). The summed E-state index contributed by atoms with van der Waals surface area (Å²) in [6, 6.07) is 5.57. The lowest BCUT2D eigenvalue weighted by Crippen LogP contribution is -2.37. The minimum absolute atomic E-state index is 0.0244. The topological polar surface area (TPSA) is 60.8 Å². The molecule has 1 fully saturated rings. The average Bonchev–Trinajstić information content (AvgIpc) is 2.86. The van der Waals surface area contributed by atoms with Crippen molar-refractivity contribution in [2.45, 2.75) is 38.3 Å².